The molecule has 2 heteroatoms. The third kappa shape index (κ3) is 3.02. The topological polar surface area (TPSA) is 12.9 Å². The highest BCUT2D eigenvalue weighted by molar-refractivity contribution is 9.09. The van der Waals surface area contributed by atoms with Crippen LogP contribution in [0, 0.1) is 6.92 Å². The number of nitrogens with zero attached hydrogens (tertiary/aromatic N) is 1. The van der Waals surface area contributed by atoms with Crippen LogP contribution in [0.3, 0.4) is 0 Å². The molecule has 0 atom stereocenters. The van der Waals surface area contributed by atoms with Gasteiger partial charge >= 0.3 is 0 Å². The van der Waals surface area contributed by atoms with Crippen LogP contribution >= 0.6 is 15.9 Å². The summed E-state index contributed by atoms with van der Waals surface area (Å²) in [6, 6.07) is 4.17. The molecule has 0 saturated heterocycles. The summed E-state index contributed by atoms with van der Waals surface area (Å²) >= 11 is 3.40. The monoisotopic (exact) mass is 213 g/mol. The number of aromatic nitrogens is 1. The third-order valence-electron chi connectivity index (χ3n) is 1.54. The van der Waals surface area contributed by atoms with E-state index < -0.39 is 0 Å². The van der Waals surface area contributed by atoms with Gasteiger partial charge in [0.15, 0.2) is 0 Å². The maximum atomic E-state index is 4.26. The van der Waals surface area contributed by atoms with Crippen LogP contribution in [0.5, 0.6) is 0 Å². The molecule has 0 aliphatic rings. The summed E-state index contributed by atoms with van der Waals surface area (Å²) in [5.74, 6) is 0. The van der Waals surface area contributed by atoms with Crippen LogP contribution in [0.2, 0.25) is 0 Å². The zero-order chi connectivity index (χ0) is 8.10. The first kappa shape index (κ1) is 8.72. The normalized spacial score (nSPS) is 10.0. The summed E-state index contributed by atoms with van der Waals surface area (Å²) in [6.45, 7) is 2.10. The lowest BCUT2D eigenvalue weighted by Crippen LogP contribution is -1.90. The highest BCUT2D eigenvalue weighted by Gasteiger charge is 1.92. The van der Waals surface area contributed by atoms with Crippen LogP contribution in [0.1, 0.15) is 17.7 Å². The summed E-state index contributed by atoms with van der Waals surface area (Å²) < 4.78 is 0. The molecule has 11 heavy (non-hydrogen) atoms. The molecule has 0 bridgehead atoms. The molecule has 0 aliphatic heterocycles. The molecule has 0 N–H and O–H groups in total. The summed E-state index contributed by atoms with van der Waals surface area (Å²) in [5.41, 5.74) is 2.49. The predicted octanol–water partition coefficient (Wildman–Crippen LogP) is 2.72. The highest BCUT2D eigenvalue weighted by Crippen LogP contribution is 2.03. The van der Waals surface area contributed by atoms with Crippen molar-refractivity contribution in [1.82, 2.24) is 4.98 Å². The van der Waals surface area contributed by atoms with Crippen molar-refractivity contribution in [3.05, 3.63) is 29.6 Å². The average Bonchev–Trinajstić information content (AvgIpc) is 2.01. The lowest BCUT2D eigenvalue weighted by molar-refractivity contribution is 0.894. The van der Waals surface area contributed by atoms with E-state index in [2.05, 4.69) is 33.9 Å². The molecule has 0 radical (unpaired) electrons. The molecule has 1 nitrogen and oxygen atoms in total. The molecule has 0 aromatic carbocycles. The molecule has 1 aromatic heterocycles. The molecule has 60 valence electrons. The Morgan fingerprint density at radius 1 is 1.55 bits per heavy atom. The summed E-state index contributed by atoms with van der Waals surface area (Å²) in [6.07, 6.45) is 4.11. The van der Waals surface area contributed by atoms with Crippen molar-refractivity contribution in [3.8, 4) is 0 Å². The van der Waals surface area contributed by atoms with Crippen molar-refractivity contribution in [2.45, 2.75) is 19.8 Å². The number of alkyl halides is 1. The molecule has 0 amide bonds. The van der Waals surface area contributed by atoms with Crippen molar-refractivity contribution in [1.29, 1.82) is 0 Å². The molecule has 0 unspecified atom stereocenters. The van der Waals surface area contributed by atoms with Gasteiger partial charge in [0, 0.05) is 17.2 Å². The van der Waals surface area contributed by atoms with E-state index in [9.17, 15) is 0 Å². The standard InChI is InChI=1S/C9H12BrN/c1-8-4-6-11-9(7-8)3-2-5-10/h4,6-7H,2-3,5H2,1H3. The minimum Gasteiger partial charge on any atom is -0.261 e. The predicted molar refractivity (Wildman–Crippen MR) is 51.1 cm³/mol. The second kappa shape index (κ2) is 4.50. The fourth-order valence-corrected chi connectivity index (χ4v) is 1.26. The van der Waals surface area contributed by atoms with Gasteiger partial charge in [-0.2, -0.15) is 0 Å². The zero-order valence-electron chi connectivity index (χ0n) is 6.68. The first-order chi connectivity index (χ1) is 5.33. The lowest BCUT2D eigenvalue weighted by atomic mass is 10.2. The molecular formula is C9H12BrN. The van der Waals surface area contributed by atoms with Gasteiger partial charge in [-0.25, -0.2) is 0 Å². The van der Waals surface area contributed by atoms with E-state index in [1.165, 1.54) is 11.3 Å². The second-order valence-corrected chi connectivity index (χ2v) is 3.41. The highest BCUT2D eigenvalue weighted by atomic mass is 79.9. The van der Waals surface area contributed by atoms with Gasteiger partial charge in [-0.3, -0.25) is 4.98 Å². The Kier molecular flexibility index (Phi) is 3.57. The summed E-state index contributed by atoms with van der Waals surface area (Å²) in [4.78, 5) is 4.26. The van der Waals surface area contributed by atoms with E-state index in [4.69, 9.17) is 0 Å². The third-order valence-corrected chi connectivity index (χ3v) is 2.10. The molecule has 0 aliphatic carbocycles. The number of rotatable bonds is 3. The lowest BCUT2D eigenvalue weighted by Gasteiger charge is -1.98. The Bertz CT molecular complexity index is 223. The number of hydrogen-bond acceptors (Lipinski definition) is 1. The molecule has 1 aromatic rings. The fraction of sp³-hybridized carbons (Fsp3) is 0.444. The van der Waals surface area contributed by atoms with Gasteiger partial charge < -0.3 is 0 Å². The van der Waals surface area contributed by atoms with Crippen molar-refractivity contribution in [2.24, 2.45) is 0 Å². The van der Waals surface area contributed by atoms with Gasteiger partial charge in [0.1, 0.15) is 0 Å². The number of aryl methyl sites for hydroxylation is 2. The van der Waals surface area contributed by atoms with Crippen LogP contribution < -0.4 is 0 Å². The van der Waals surface area contributed by atoms with E-state index in [-0.39, 0.29) is 0 Å². The van der Waals surface area contributed by atoms with Crippen LogP contribution in [0.25, 0.3) is 0 Å². The summed E-state index contributed by atoms with van der Waals surface area (Å²) in [5, 5.41) is 1.06. The summed E-state index contributed by atoms with van der Waals surface area (Å²) in [7, 11) is 0. The van der Waals surface area contributed by atoms with Gasteiger partial charge in [0.05, 0.1) is 0 Å². The van der Waals surface area contributed by atoms with E-state index >= 15 is 0 Å². The van der Waals surface area contributed by atoms with Crippen molar-refractivity contribution < 1.29 is 0 Å². The minimum absolute atomic E-state index is 1.06. The molecule has 1 heterocycles. The van der Waals surface area contributed by atoms with Crippen LogP contribution in [0.15, 0.2) is 18.3 Å². The largest absolute Gasteiger partial charge is 0.261 e. The van der Waals surface area contributed by atoms with Crippen molar-refractivity contribution in [2.75, 3.05) is 5.33 Å². The van der Waals surface area contributed by atoms with Gasteiger partial charge in [0.2, 0.25) is 0 Å². The quantitative estimate of drug-likeness (QED) is 0.705. The maximum absolute atomic E-state index is 4.26. The minimum atomic E-state index is 1.06. The Morgan fingerprint density at radius 3 is 3.00 bits per heavy atom. The van der Waals surface area contributed by atoms with E-state index in [1.807, 2.05) is 12.3 Å². The second-order valence-electron chi connectivity index (χ2n) is 2.62. The Morgan fingerprint density at radius 2 is 2.36 bits per heavy atom. The van der Waals surface area contributed by atoms with Crippen molar-refractivity contribution in [3.63, 3.8) is 0 Å². The maximum Gasteiger partial charge on any atom is 0.0406 e. The first-order valence-corrected chi connectivity index (χ1v) is 4.92. The molecule has 1 rings (SSSR count). The zero-order valence-corrected chi connectivity index (χ0v) is 8.26. The van der Waals surface area contributed by atoms with Crippen LogP contribution in [-0.4, -0.2) is 10.3 Å². The molecule has 0 saturated carbocycles. The fourth-order valence-electron chi connectivity index (χ4n) is 0.983. The number of hydrogen-bond donors (Lipinski definition) is 0. The van der Waals surface area contributed by atoms with Crippen LogP contribution in [0.4, 0.5) is 0 Å². The molecular weight excluding hydrogens is 202 g/mol. The Balaban J connectivity index is 2.56. The number of pyridine rings is 1. The Labute approximate surface area is 76.0 Å². The van der Waals surface area contributed by atoms with E-state index in [1.54, 1.807) is 0 Å². The Hall–Kier alpha value is -0.370. The first-order valence-electron chi connectivity index (χ1n) is 3.80. The van der Waals surface area contributed by atoms with Gasteiger partial charge in [-0.1, -0.05) is 15.9 Å². The van der Waals surface area contributed by atoms with Gasteiger partial charge in [-0.05, 0) is 37.5 Å². The van der Waals surface area contributed by atoms with E-state index in [0.29, 0.717) is 0 Å². The van der Waals surface area contributed by atoms with Gasteiger partial charge in [-0.15, -0.1) is 0 Å². The molecule has 0 fully saturated rings. The van der Waals surface area contributed by atoms with Crippen molar-refractivity contribution >= 4 is 15.9 Å². The van der Waals surface area contributed by atoms with Crippen LogP contribution in [-0.2, 0) is 6.42 Å². The SMILES string of the molecule is Cc1ccnc(CCCBr)c1. The smallest absolute Gasteiger partial charge is 0.0406 e. The number of halogens is 1. The average molecular weight is 214 g/mol. The molecule has 0 spiro atoms. The van der Waals surface area contributed by atoms with E-state index in [0.717, 1.165) is 18.2 Å². The van der Waals surface area contributed by atoms with Gasteiger partial charge in [0.25, 0.3) is 0 Å².